The van der Waals surface area contributed by atoms with E-state index in [2.05, 4.69) is 22.3 Å². The number of hydrogen-bond acceptors (Lipinski definition) is 2. The Hall–Kier alpha value is -2.27. The number of benzene rings is 1. The molecule has 0 unspecified atom stereocenters. The summed E-state index contributed by atoms with van der Waals surface area (Å²) in [4.78, 5) is 15.6. The fourth-order valence-corrected chi connectivity index (χ4v) is 2.96. The molecular weight excluding hydrogens is 312 g/mol. The zero-order valence-electron chi connectivity index (χ0n) is 13.4. The molecule has 0 atom stereocenters. The van der Waals surface area contributed by atoms with E-state index in [-0.39, 0.29) is 5.91 Å². The van der Waals surface area contributed by atoms with Crippen LogP contribution in [0.15, 0.2) is 24.3 Å². The SMILES string of the molecule is CCCn1nc(C)c(NC(=O)c2cc3c(Cl)cccc3[nH]2)c1C. The van der Waals surface area contributed by atoms with E-state index in [1.807, 2.05) is 36.7 Å². The largest absolute Gasteiger partial charge is 0.350 e. The van der Waals surface area contributed by atoms with Crippen molar-refractivity contribution in [3.8, 4) is 0 Å². The number of carbonyl (C=O) groups excluding carboxylic acids is 1. The van der Waals surface area contributed by atoms with Gasteiger partial charge in [0, 0.05) is 22.5 Å². The molecule has 0 fully saturated rings. The van der Waals surface area contributed by atoms with E-state index < -0.39 is 0 Å². The van der Waals surface area contributed by atoms with Gasteiger partial charge in [0.2, 0.25) is 0 Å². The van der Waals surface area contributed by atoms with Gasteiger partial charge in [0.15, 0.2) is 0 Å². The molecule has 0 radical (unpaired) electrons. The number of H-pyrrole nitrogens is 1. The summed E-state index contributed by atoms with van der Waals surface area (Å²) in [6.07, 6.45) is 0.996. The lowest BCUT2D eigenvalue weighted by Crippen LogP contribution is -2.13. The summed E-state index contributed by atoms with van der Waals surface area (Å²) in [7, 11) is 0. The first-order chi connectivity index (χ1) is 11.0. The van der Waals surface area contributed by atoms with Gasteiger partial charge in [-0.3, -0.25) is 9.48 Å². The summed E-state index contributed by atoms with van der Waals surface area (Å²) in [6.45, 7) is 6.80. The van der Waals surface area contributed by atoms with Crippen LogP contribution in [0, 0.1) is 13.8 Å². The first-order valence-electron chi connectivity index (χ1n) is 7.64. The number of aromatic amines is 1. The molecule has 1 amide bonds. The second-order valence-corrected chi connectivity index (χ2v) is 6.01. The topological polar surface area (TPSA) is 62.7 Å². The van der Waals surface area contributed by atoms with Gasteiger partial charge in [0.05, 0.1) is 17.1 Å². The summed E-state index contributed by atoms with van der Waals surface area (Å²) >= 11 is 6.16. The standard InChI is InChI=1S/C17H19ClN4O/c1-4-8-22-11(3)16(10(2)21-22)20-17(23)15-9-12-13(18)6-5-7-14(12)19-15/h5-7,9,19H,4,8H2,1-3H3,(H,20,23). The number of fused-ring (bicyclic) bond motifs is 1. The second kappa shape index (κ2) is 6.08. The first kappa shape index (κ1) is 15.6. The molecule has 0 aliphatic rings. The van der Waals surface area contributed by atoms with Crippen molar-refractivity contribution in [1.29, 1.82) is 0 Å². The van der Waals surface area contributed by atoms with Crippen molar-refractivity contribution in [3.05, 3.63) is 46.4 Å². The Bertz CT molecular complexity index is 878. The zero-order valence-corrected chi connectivity index (χ0v) is 14.2. The summed E-state index contributed by atoms with van der Waals surface area (Å²) in [5, 5.41) is 8.90. The van der Waals surface area contributed by atoms with E-state index in [1.54, 1.807) is 6.07 Å². The molecule has 120 valence electrons. The molecule has 2 aromatic heterocycles. The maximum atomic E-state index is 12.5. The van der Waals surface area contributed by atoms with Crippen molar-refractivity contribution in [2.45, 2.75) is 33.7 Å². The van der Waals surface area contributed by atoms with E-state index in [0.717, 1.165) is 40.9 Å². The van der Waals surface area contributed by atoms with Crippen LogP contribution in [0.5, 0.6) is 0 Å². The molecule has 0 spiro atoms. The third-order valence-corrected chi connectivity index (χ3v) is 4.24. The van der Waals surface area contributed by atoms with Gasteiger partial charge in [0.1, 0.15) is 5.69 Å². The van der Waals surface area contributed by atoms with Gasteiger partial charge in [-0.2, -0.15) is 5.10 Å². The highest BCUT2D eigenvalue weighted by molar-refractivity contribution is 6.35. The molecule has 23 heavy (non-hydrogen) atoms. The Morgan fingerprint density at radius 3 is 2.87 bits per heavy atom. The monoisotopic (exact) mass is 330 g/mol. The Balaban J connectivity index is 1.90. The maximum absolute atomic E-state index is 12.5. The number of nitrogens with zero attached hydrogens (tertiary/aromatic N) is 2. The molecule has 0 bridgehead atoms. The number of halogens is 1. The number of aromatic nitrogens is 3. The van der Waals surface area contributed by atoms with Crippen molar-refractivity contribution in [2.24, 2.45) is 0 Å². The summed E-state index contributed by atoms with van der Waals surface area (Å²) < 4.78 is 1.92. The Morgan fingerprint density at radius 2 is 2.17 bits per heavy atom. The number of anilines is 1. The van der Waals surface area contributed by atoms with Crippen LogP contribution in [0.4, 0.5) is 5.69 Å². The van der Waals surface area contributed by atoms with Crippen molar-refractivity contribution in [1.82, 2.24) is 14.8 Å². The van der Waals surface area contributed by atoms with Gasteiger partial charge in [-0.1, -0.05) is 24.6 Å². The lowest BCUT2D eigenvalue weighted by molar-refractivity contribution is 0.102. The van der Waals surface area contributed by atoms with E-state index >= 15 is 0 Å². The van der Waals surface area contributed by atoms with Crippen LogP contribution in [0.25, 0.3) is 10.9 Å². The first-order valence-corrected chi connectivity index (χ1v) is 8.01. The highest BCUT2D eigenvalue weighted by Gasteiger charge is 2.16. The second-order valence-electron chi connectivity index (χ2n) is 5.61. The van der Waals surface area contributed by atoms with E-state index in [9.17, 15) is 4.79 Å². The number of nitrogens with one attached hydrogen (secondary N) is 2. The number of rotatable bonds is 4. The minimum Gasteiger partial charge on any atom is -0.350 e. The molecule has 1 aromatic carbocycles. The predicted molar refractivity (Wildman–Crippen MR) is 93.3 cm³/mol. The average Bonchev–Trinajstić information content (AvgIpc) is 3.06. The predicted octanol–water partition coefficient (Wildman–Crippen LogP) is 4.30. The lowest BCUT2D eigenvalue weighted by Gasteiger charge is -2.05. The van der Waals surface area contributed by atoms with Gasteiger partial charge in [-0.05, 0) is 38.5 Å². The van der Waals surface area contributed by atoms with Crippen molar-refractivity contribution >= 4 is 34.1 Å². The quantitative estimate of drug-likeness (QED) is 0.749. The smallest absolute Gasteiger partial charge is 0.272 e. The maximum Gasteiger partial charge on any atom is 0.272 e. The molecule has 0 aliphatic heterocycles. The molecule has 0 aliphatic carbocycles. The average molecular weight is 331 g/mol. The van der Waals surface area contributed by atoms with Crippen molar-refractivity contribution in [3.63, 3.8) is 0 Å². The van der Waals surface area contributed by atoms with Gasteiger partial charge < -0.3 is 10.3 Å². The van der Waals surface area contributed by atoms with Crippen molar-refractivity contribution in [2.75, 3.05) is 5.32 Å². The van der Waals surface area contributed by atoms with Crippen LogP contribution in [-0.2, 0) is 6.54 Å². The number of amides is 1. The van der Waals surface area contributed by atoms with Gasteiger partial charge in [-0.15, -0.1) is 0 Å². The van der Waals surface area contributed by atoms with Crippen LogP contribution >= 0.6 is 11.6 Å². The third kappa shape index (κ3) is 2.84. The number of aryl methyl sites for hydroxylation is 2. The highest BCUT2D eigenvalue weighted by atomic mass is 35.5. The molecule has 5 nitrogen and oxygen atoms in total. The van der Waals surface area contributed by atoms with Gasteiger partial charge in [-0.25, -0.2) is 0 Å². The van der Waals surface area contributed by atoms with E-state index in [1.165, 1.54) is 0 Å². The fraction of sp³-hybridized carbons (Fsp3) is 0.294. The Morgan fingerprint density at radius 1 is 1.39 bits per heavy atom. The fourth-order valence-electron chi connectivity index (χ4n) is 2.73. The molecule has 3 aromatic rings. The minimum atomic E-state index is -0.195. The van der Waals surface area contributed by atoms with Crippen LogP contribution in [0.2, 0.25) is 5.02 Å². The molecule has 6 heteroatoms. The molecule has 0 saturated carbocycles. The van der Waals surface area contributed by atoms with Gasteiger partial charge >= 0.3 is 0 Å². The van der Waals surface area contributed by atoms with Crippen molar-refractivity contribution < 1.29 is 4.79 Å². The summed E-state index contributed by atoms with van der Waals surface area (Å²) in [6, 6.07) is 7.33. The highest BCUT2D eigenvalue weighted by Crippen LogP contribution is 2.25. The van der Waals surface area contributed by atoms with Gasteiger partial charge in [0.25, 0.3) is 5.91 Å². The minimum absolute atomic E-state index is 0.195. The summed E-state index contributed by atoms with van der Waals surface area (Å²) in [5.41, 5.74) is 3.88. The number of hydrogen-bond donors (Lipinski definition) is 2. The van der Waals surface area contributed by atoms with Crippen LogP contribution in [0.3, 0.4) is 0 Å². The van der Waals surface area contributed by atoms with Crippen LogP contribution in [0.1, 0.15) is 35.2 Å². The number of carbonyl (C=O) groups is 1. The van der Waals surface area contributed by atoms with E-state index in [4.69, 9.17) is 11.6 Å². The summed E-state index contributed by atoms with van der Waals surface area (Å²) in [5.74, 6) is -0.195. The van der Waals surface area contributed by atoms with Crippen LogP contribution < -0.4 is 5.32 Å². The zero-order chi connectivity index (χ0) is 16.6. The molecule has 0 saturated heterocycles. The molecule has 2 N–H and O–H groups in total. The molecular formula is C17H19ClN4O. The lowest BCUT2D eigenvalue weighted by atomic mass is 10.2. The van der Waals surface area contributed by atoms with Crippen LogP contribution in [-0.4, -0.2) is 20.7 Å². The Labute approximate surface area is 139 Å². The third-order valence-electron chi connectivity index (χ3n) is 3.91. The normalized spacial score (nSPS) is 11.1. The Kier molecular flexibility index (Phi) is 4.13. The molecule has 2 heterocycles. The van der Waals surface area contributed by atoms with E-state index in [0.29, 0.717) is 10.7 Å². The molecule has 3 rings (SSSR count).